The van der Waals surface area contributed by atoms with Gasteiger partial charge in [-0.15, -0.1) is 0 Å². The molecule has 0 atom stereocenters. The van der Waals surface area contributed by atoms with Gasteiger partial charge in [-0.3, -0.25) is 0 Å². The highest BCUT2D eigenvalue weighted by atomic mass is 16.5. The van der Waals surface area contributed by atoms with E-state index >= 15 is 0 Å². The molecule has 2 aromatic rings. The zero-order valence-corrected chi connectivity index (χ0v) is 8.60. The lowest BCUT2D eigenvalue weighted by atomic mass is 10.1. The minimum absolute atomic E-state index is 0.293. The van der Waals surface area contributed by atoms with Crippen molar-refractivity contribution in [2.24, 2.45) is 5.73 Å². The largest absolute Gasteiger partial charge is 0.338 e. The molecule has 1 aromatic heterocycles. The van der Waals surface area contributed by atoms with Crippen LogP contribution in [0.2, 0.25) is 0 Å². The van der Waals surface area contributed by atoms with E-state index in [1.807, 2.05) is 0 Å². The van der Waals surface area contributed by atoms with Crippen LogP contribution >= 0.6 is 0 Å². The summed E-state index contributed by atoms with van der Waals surface area (Å²) in [7, 11) is 0. The minimum atomic E-state index is 0.293. The van der Waals surface area contributed by atoms with Gasteiger partial charge in [-0.1, -0.05) is 35.0 Å². The van der Waals surface area contributed by atoms with Crippen molar-refractivity contribution >= 4 is 0 Å². The highest BCUT2D eigenvalue weighted by Crippen LogP contribution is 2.08. The van der Waals surface area contributed by atoms with Gasteiger partial charge in [0.05, 0.1) is 6.54 Å². The molecule has 0 aliphatic carbocycles. The highest BCUT2D eigenvalue weighted by molar-refractivity contribution is 5.23. The Morgan fingerprint density at radius 1 is 1.27 bits per heavy atom. The van der Waals surface area contributed by atoms with Crippen molar-refractivity contribution in [1.29, 1.82) is 0 Å². The van der Waals surface area contributed by atoms with Gasteiger partial charge in [0, 0.05) is 6.42 Å². The maximum absolute atomic E-state index is 5.38. The van der Waals surface area contributed by atoms with Crippen molar-refractivity contribution in [2.45, 2.75) is 19.9 Å². The summed E-state index contributed by atoms with van der Waals surface area (Å²) in [5.74, 6) is 1.16. The van der Waals surface area contributed by atoms with E-state index in [2.05, 4.69) is 41.3 Å². The maximum atomic E-state index is 5.38. The molecule has 0 saturated carbocycles. The molecule has 15 heavy (non-hydrogen) atoms. The second-order valence-corrected chi connectivity index (χ2v) is 3.47. The summed E-state index contributed by atoms with van der Waals surface area (Å²) >= 11 is 0. The first-order valence-corrected chi connectivity index (χ1v) is 4.85. The third-order valence-electron chi connectivity index (χ3n) is 2.17. The molecule has 0 unspecified atom stereocenters. The number of nitrogens with two attached hydrogens (primary N) is 1. The molecule has 0 saturated heterocycles. The Labute approximate surface area is 88.1 Å². The lowest BCUT2D eigenvalue weighted by Crippen LogP contribution is -1.97. The van der Waals surface area contributed by atoms with Crippen molar-refractivity contribution < 1.29 is 4.52 Å². The number of benzene rings is 1. The monoisotopic (exact) mass is 203 g/mol. The first-order valence-electron chi connectivity index (χ1n) is 4.85. The third-order valence-corrected chi connectivity index (χ3v) is 2.17. The van der Waals surface area contributed by atoms with Gasteiger partial charge in [0.2, 0.25) is 5.89 Å². The molecule has 0 amide bonds. The minimum Gasteiger partial charge on any atom is -0.338 e. The number of rotatable bonds is 3. The van der Waals surface area contributed by atoms with E-state index in [9.17, 15) is 0 Å². The predicted octanol–water partition coefficient (Wildman–Crippen LogP) is 1.43. The number of aromatic nitrogens is 2. The highest BCUT2D eigenvalue weighted by Gasteiger charge is 2.04. The zero-order chi connectivity index (χ0) is 10.7. The van der Waals surface area contributed by atoms with Crippen LogP contribution in [0.1, 0.15) is 22.8 Å². The average molecular weight is 203 g/mol. The quantitative estimate of drug-likeness (QED) is 0.819. The fraction of sp³-hybridized carbons (Fsp3) is 0.273. The maximum Gasteiger partial charge on any atom is 0.240 e. The Kier molecular flexibility index (Phi) is 2.78. The van der Waals surface area contributed by atoms with Crippen LogP contribution < -0.4 is 5.73 Å². The average Bonchev–Trinajstić information content (AvgIpc) is 2.69. The molecule has 1 heterocycles. The van der Waals surface area contributed by atoms with Crippen LogP contribution in [0.25, 0.3) is 0 Å². The molecule has 78 valence electrons. The molecule has 0 fully saturated rings. The van der Waals surface area contributed by atoms with E-state index in [-0.39, 0.29) is 0 Å². The lowest BCUT2D eigenvalue weighted by Gasteiger charge is -1.96. The van der Waals surface area contributed by atoms with Crippen LogP contribution in [0.4, 0.5) is 0 Å². The molecule has 0 aliphatic rings. The van der Waals surface area contributed by atoms with Crippen molar-refractivity contribution in [2.75, 3.05) is 0 Å². The Bertz CT molecular complexity index is 433. The van der Waals surface area contributed by atoms with E-state index in [1.165, 1.54) is 11.1 Å². The topological polar surface area (TPSA) is 64.9 Å². The summed E-state index contributed by atoms with van der Waals surface area (Å²) in [6, 6.07) is 8.26. The number of nitrogens with zero attached hydrogens (tertiary/aromatic N) is 2. The van der Waals surface area contributed by atoms with Gasteiger partial charge in [-0.2, -0.15) is 4.98 Å². The van der Waals surface area contributed by atoms with Gasteiger partial charge in [0.15, 0.2) is 5.82 Å². The molecular weight excluding hydrogens is 190 g/mol. The normalized spacial score (nSPS) is 10.5. The number of hydrogen-bond acceptors (Lipinski definition) is 4. The summed E-state index contributed by atoms with van der Waals surface area (Å²) in [5.41, 5.74) is 7.80. The van der Waals surface area contributed by atoms with Crippen molar-refractivity contribution in [3.05, 3.63) is 47.1 Å². The lowest BCUT2D eigenvalue weighted by molar-refractivity contribution is 0.375. The smallest absolute Gasteiger partial charge is 0.240 e. The summed E-state index contributed by atoms with van der Waals surface area (Å²) in [6.07, 6.45) is 0.684. The molecule has 0 radical (unpaired) electrons. The Morgan fingerprint density at radius 3 is 2.60 bits per heavy atom. The van der Waals surface area contributed by atoms with Gasteiger partial charge in [-0.05, 0) is 12.5 Å². The van der Waals surface area contributed by atoms with Crippen molar-refractivity contribution in [3.8, 4) is 0 Å². The van der Waals surface area contributed by atoms with Crippen LogP contribution in [-0.4, -0.2) is 10.1 Å². The fourth-order valence-electron chi connectivity index (χ4n) is 1.33. The summed E-state index contributed by atoms with van der Waals surface area (Å²) in [6.45, 7) is 2.35. The van der Waals surface area contributed by atoms with Gasteiger partial charge < -0.3 is 10.3 Å². The molecule has 0 spiro atoms. The standard InChI is InChI=1S/C11H13N3O/c1-8-2-4-9(5-3-8)6-10-13-11(7-12)15-14-10/h2-5H,6-7,12H2,1H3. The summed E-state index contributed by atoms with van der Waals surface area (Å²) < 4.78 is 4.92. The second-order valence-electron chi connectivity index (χ2n) is 3.47. The molecule has 4 heteroatoms. The first kappa shape index (κ1) is 9.86. The summed E-state index contributed by atoms with van der Waals surface area (Å²) in [5, 5.41) is 3.84. The molecule has 0 bridgehead atoms. The van der Waals surface area contributed by atoms with Gasteiger partial charge in [0.1, 0.15) is 0 Å². The number of aryl methyl sites for hydroxylation is 1. The second kappa shape index (κ2) is 4.23. The van der Waals surface area contributed by atoms with E-state index in [0.717, 1.165) is 0 Å². The first-order chi connectivity index (χ1) is 7.28. The Hall–Kier alpha value is -1.68. The van der Waals surface area contributed by atoms with E-state index in [4.69, 9.17) is 10.3 Å². The van der Waals surface area contributed by atoms with Crippen LogP contribution in [-0.2, 0) is 13.0 Å². The third kappa shape index (κ3) is 2.41. The van der Waals surface area contributed by atoms with Crippen molar-refractivity contribution in [3.63, 3.8) is 0 Å². The molecule has 0 aliphatic heterocycles. The van der Waals surface area contributed by atoms with Gasteiger partial charge >= 0.3 is 0 Å². The predicted molar refractivity (Wildman–Crippen MR) is 56.2 cm³/mol. The van der Waals surface area contributed by atoms with Gasteiger partial charge in [0.25, 0.3) is 0 Å². The van der Waals surface area contributed by atoms with Crippen LogP contribution in [0, 0.1) is 6.92 Å². The fourth-order valence-corrected chi connectivity index (χ4v) is 1.33. The Morgan fingerprint density at radius 2 is 2.00 bits per heavy atom. The van der Waals surface area contributed by atoms with E-state index < -0.39 is 0 Å². The van der Waals surface area contributed by atoms with Crippen LogP contribution in [0.3, 0.4) is 0 Å². The molecule has 4 nitrogen and oxygen atoms in total. The zero-order valence-electron chi connectivity index (χ0n) is 8.60. The van der Waals surface area contributed by atoms with Gasteiger partial charge in [-0.25, -0.2) is 0 Å². The SMILES string of the molecule is Cc1ccc(Cc2noc(CN)n2)cc1. The Balaban J connectivity index is 2.11. The molecule has 1 aromatic carbocycles. The molecular formula is C11H13N3O. The molecule has 2 N–H and O–H groups in total. The molecule has 2 rings (SSSR count). The van der Waals surface area contributed by atoms with E-state index in [1.54, 1.807) is 0 Å². The van der Waals surface area contributed by atoms with Crippen LogP contribution in [0.5, 0.6) is 0 Å². The van der Waals surface area contributed by atoms with Crippen LogP contribution in [0.15, 0.2) is 28.8 Å². The number of hydrogen-bond donors (Lipinski definition) is 1. The van der Waals surface area contributed by atoms with Crippen molar-refractivity contribution in [1.82, 2.24) is 10.1 Å². The van der Waals surface area contributed by atoms with E-state index in [0.29, 0.717) is 24.7 Å². The summed E-state index contributed by atoms with van der Waals surface area (Å²) in [4.78, 5) is 4.14.